The van der Waals surface area contributed by atoms with Crippen LogP contribution in [0.2, 0.25) is 0 Å². The molecular weight excluding hydrogens is 480 g/mol. The number of carbonyl (C=O) groups is 1. The number of nitrogens with one attached hydrogen (secondary N) is 1. The zero-order valence-electron chi connectivity index (χ0n) is 20.9. The molecular formula is C25H30N6O4S. The number of sulfonamides is 1. The van der Waals surface area contributed by atoms with Crippen molar-refractivity contribution >= 4 is 27.6 Å². The van der Waals surface area contributed by atoms with Crippen LogP contribution in [0.15, 0.2) is 47.5 Å². The minimum atomic E-state index is -4.25. The van der Waals surface area contributed by atoms with Gasteiger partial charge in [0, 0.05) is 29.9 Å². The van der Waals surface area contributed by atoms with Crippen molar-refractivity contribution in [3.05, 3.63) is 53.9 Å². The highest BCUT2D eigenvalue weighted by Gasteiger charge is 2.41. The Labute approximate surface area is 211 Å². The summed E-state index contributed by atoms with van der Waals surface area (Å²) in [5, 5.41) is 0. The Morgan fingerprint density at radius 2 is 1.94 bits per heavy atom. The number of nitrogens with zero attached hydrogens (tertiary/aromatic N) is 4. The van der Waals surface area contributed by atoms with E-state index in [9.17, 15) is 13.2 Å². The molecule has 1 atom stereocenters. The molecule has 36 heavy (non-hydrogen) atoms. The molecule has 1 unspecified atom stereocenters. The molecule has 1 aliphatic rings. The summed E-state index contributed by atoms with van der Waals surface area (Å²) in [7, 11) is -2.70. The first-order valence-electron chi connectivity index (χ1n) is 11.5. The minimum Gasteiger partial charge on any atom is -0.481 e. The average Bonchev–Trinajstić information content (AvgIpc) is 3.10. The predicted octanol–water partition coefficient (Wildman–Crippen LogP) is 3.18. The number of carbonyl (C=O) groups excluding carboxylic acids is 1. The summed E-state index contributed by atoms with van der Waals surface area (Å²) in [6.07, 6.45) is 2.29. The molecule has 3 aromatic rings. The number of aromatic nitrogens is 3. The van der Waals surface area contributed by atoms with Gasteiger partial charge in [-0.25, -0.2) is 28.1 Å². The normalized spacial score (nSPS) is 17.1. The number of amides is 1. The second kappa shape index (κ2) is 9.38. The molecule has 0 aliphatic carbocycles. The van der Waals surface area contributed by atoms with Crippen LogP contribution in [-0.2, 0) is 10.0 Å². The topological polar surface area (TPSA) is 140 Å². The predicted molar refractivity (Wildman–Crippen MR) is 137 cm³/mol. The molecule has 4 heterocycles. The minimum absolute atomic E-state index is 0.145. The lowest BCUT2D eigenvalue weighted by molar-refractivity contribution is 0.0981. The van der Waals surface area contributed by atoms with Gasteiger partial charge in [-0.1, -0.05) is 6.92 Å². The van der Waals surface area contributed by atoms with E-state index < -0.39 is 15.9 Å². The van der Waals surface area contributed by atoms with Gasteiger partial charge in [0.25, 0.3) is 15.9 Å². The molecule has 0 saturated carbocycles. The fourth-order valence-corrected chi connectivity index (χ4v) is 5.42. The maximum atomic E-state index is 13.4. The van der Waals surface area contributed by atoms with Crippen molar-refractivity contribution in [3.8, 4) is 17.1 Å². The Kier molecular flexibility index (Phi) is 6.61. The maximum absolute atomic E-state index is 13.4. The second-order valence-electron chi connectivity index (χ2n) is 9.37. The van der Waals surface area contributed by atoms with Gasteiger partial charge in [-0.3, -0.25) is 4.79 Å². The van der Waals surface area contributed by atoms with Crippen LogP contribution in [0.3, 0.4) is 0 Å². The van der Waals surface area contributed by atoms with E-state index in [0.717, 1.165) is 12.0 Å². The van der Waals surface area contributed by atoms with E-state index in [-0.39, 0.29) is 21.8 Å². The molecule has 4 rings (SSSR count). The number of nitrogen functional groups attached to an aromatic ring is 1. The van der Waals surface area contributed by atoms with Gasteiger partial charge in [0.15, 0.2) is 0 Å². The number of nitrogens with two attached hydrogens (primary N) is 1. The fraction of sp³-hybridized carbons (Fsp3) is 0.360. The highest BCUT2D eigenvalue weighted by Crippen LogP contribution is 2.39. The molecule has 0 aromatic carbocycles. The van der Waals surface area contributed by atoms with Crippen molar-refractivity contribution in [2.75, 3.05) is 24.3 Å². The number of pyridine rings is 3. The zero-order chi connectivity index (χ0) is 26.3. The number of hydrogen-bond acceptors (Lipinski definition) is 9. The van der Waals surface area contributed by atoms with E-state index in [1.54, 1.807) is 25.3 Å². The standard InChI is InChI=1S/C25H30N6O4S/c1-15-12-14-31(25(15,3)4)23-18(24(32)30-36(33,34)20-7-6-13-27-22(20)26)8-10-19(29-23)17-9-11-21(35-5)28-16(17)2/h6-11,13,15H,12,14H2,1-5H3,(H2,26,27)(H,30,32). The SMILES string of the molecule is COc1ccc(-c2ccc(C(=O)NS(=O)(=O)c3cccnc3N)c(N3CCC(C)C3(C)C)n2)c(C)n1. The van der Waals surface area contributed by atoms with Crippen LogP contribution < -0.4 is 20.1 Å². The Morgan fingerprint density at radius 3 is 2.56 bits per heavy atom. The Hall–Kier alpha value is -3.73. The number of aryl methyl sites for hydroxylation is 1. The summed E-state index contributed by atoms with van der Waals surface area (Å²) in [6, 6.07) is 9.63. The maximum Gasteiger partial charge on any atom is 0.268 e. The highest BCUT2D eigenvalue weighted by atomic mass is 32.2. The molecule has 3 N–H and O–H groups in total. The van der Waals surface area contributed by atoms with E-state index in [1.165, 1.54) is 18.3 Å². The smallest absolute Gasteiger partial charge is 0.268 e. The van der Waals surface area contributed by atoms with Gasteiger partial charge < -0.3 is 15.4 Å². The number of ether oxygens (including phenoxy) is 1. The van der Waals surface area contributed by atoms with Crippen LogP contribution in [0.5, 0.6) is 5.88 Å². The molecule has 10 nitrogen and oxygen atoms in total. The lowest BCUT2D eigenvalue weighted by atomic mass is 9.90. The van der Waals surface area contributed by atoms with Crippen molar-refractivity contribution in [1.29, 1.82) is 0 Å². The third kappa shape index (κ3) is 4.58. The van der Waals surface area contributed by atoms with Gasteiger partial charge in [0.05, 0.1) is 24.1 Å². The molecule has 0 radical (unpaired) electrons. The van der Waals surface area contributed by atoms with Crippen molar-refractivity contribution in [1.82, 2.24) is 19.7 Å². The third-order valence-corrected chi connectivity index (χ3v) is 8.30. The Balaban J connectivity index is 1.80. The van der Waals surface area contributed by atoms with Crippen LogP contribution in [0.1, 0.15) is 43.2 Å². The van der Waals surface area contributed by atoms with Gasteiger partial charge in [-0.15, -0.1) is 0 Å². The molecule has 1 fully saturated rings. The largest absolute Gasteiger partial charge is 0.481 e. The molecule has 1 saturated heterocycles. The summed E-state index contributed by atoms with van der Waals surface area (Å²) >= 11 is 0. The molecule has 0 spiro atoms. The Morgan fingerprint density at radius 1 is 1.19 bits per heavy atom. The van der Waals surface area contributed by atoms with Gasteiger partial charge in [-0.05, 0) is 63.4 Å². The number of methoxy groups -OCH3 is 1. The third-order valence-electron chi connectivity index (χ3n) is 6.92. The average molecular weight is 511 g/mol. The zero-order valence-corrected chi connectivity index (χ0v) is 21.8. The van der Waals surface area contributed by atoms with Crippen molar-refractivity contribution in [2.24, 2.45) is 5.92 Å². The van der Waals surface area contributed by atoms with Gasteiger partial charge in [-0.2, -0.15) is 0 Å². The van der Waals surface area contributed by atoms with Gasteiger partial charge >= 0.3 is 0 Å². The van der Waals surface area contributed by atoms with E-state index >= 15 is 0 Å². The molecule has 3 aromatic heterocycles. The van der Waals surface area contributed by atoms with Gasteiger partial charge in [0.1, 0.15) is 16.5 Å². The van der Waals surface area contributed by atoms with Gasteiger partial charge in [0.2, 0.25) is 5.88 Å². The molecule has 190 valence electrons. The summed E-state index contributed by atoms with van der Waals surface area (Å²) in [5.41, 5.74) is 7.70. The number of rotatable bonds is 6. The van der Waals surface area contributed by atoms with Crippen LogP contribution in [0, 0.1) is 12.8 Å². The first-order valence-corrected chi connectivity index (χ1v) is 13.0. The molecule has 1 amide bonds. The lowest BCUT2D eigenvalue weighted by Crippen LogP contribution is -2.43. The van der Waals surface area contributed by atoms with E-state index in [1.807, 2.05) is 13.0 Å². The molecule has 1 aliphatic heterocycles. The summed E-state index contributed by atoms with van der Waals surface area (Å²) in [4.78, 5) is 28.3. The van der Waals surface area contributed by atoms with Crippen molar-refractivity contribution < 1.29 is 17.9 Å². The fourth-order valence-electron chi connectivity index (χ4n) is 4.37. The summed E-state index contributed by atoms with van der Waals surface area (Å²) < 4.78 is 33.2. The van der Waals surface area contributed by atoms with E-state index in [4.69, 9.17) is 15.5 Å². The van der Waals surface area contributed by atoms with Crippen LogP contribution >= 0.6 is 0 Å². The summed E-state index contributed by atoms with van der Waals surface area (Å²) in [5.74, 6) is 0.240. The highest BCUT2D eigenvalue weighted by molar-refractivity contribution is 7.90. The first-order chi connectivity index (χ1) is 17.0. The van der Waals surface area contributed by atoms with Crippen LogP contribution in [-0.4, -0.2) is 48.5 Å². The second-order valence-corrected chi connectivity index (χ2v) is 11.0. The van der Waals surface area contributed by atoms with Crippen LogP contribution in [0.4, 0.5) is 11.6 Å². The van der Waals surface area contributed by atoms with Crippen molar-refractivity contribution in [2.45, 2.75) is 44.6 Å². The Bertz CT molecular complexity index is 1420. The van der Waals surface area contributed by atoms with E-state index in [2.05, 4.69) is 40.4 Å². The first kappa shape index (κ1) is 25.4. The van der Waals surface area contributed by atoms with Crippen molar-refractivity contribution in [3.63, 3.8) is 0 Å². The van der Waals surface area contributed by atoms with Crippen LogP contribution in [0.25, 0.3) is 11.3 Å². The molecule has 0 bridgehead atoms. The van der Waals surface area contributed by atoms with E-state index in [0.29, 0.717) is 35.5 Å². The lowest BCUT2D eigenvalue weighted by Gasteiger charge is -2.36. The summed E-state index contributed by atoms with van der Waals surface area (Å²) in [6.45, 7) is 8.86. The molecule has 11 heteroatoms. The number of anilines is 2. The monoisotopic (exact) mass is 510 g/mol. The quantitative estimate of drug-likeness (QED) is 0.511. The number of hydrogen-bond donors (Lipinski definition) is 2.